The third-order valence-electron chi connectivity index (χ3n) is 5.11. The zero-order valence-electron chi connectivity index (χ0n) is 17.7. The third kappa shape index (κ3) is 10.7. The maximum atomic E-state index is 8.17. The average molecular weight is 424 g/mol. The van der Waals surface area contributed by atoms with Gasteiger partial charge in [0.25, 0.3) is 0 Å². The van der Waals surface area contributed by atoms with Crippen LogP contribution in [-0.2, 0) is 0 Å². The van der Waals surface area contributed by atoms with Gasteiger partial charge in [-0.05, 0) is 56.2 Å². The van der Waals surface area contributed by atoms with Crippen molar-refractivity contribution in [1.82, 2.24) is 0 Å². The van der Waals surface area contributed by atoms with E-state index >= 15 is 0 Å². The first kappa shape index (κ1) is 24.3. The van der Waals surface area contributed by atoms with E-state index in [-0.39, 0.29) is 0 Å². The maximum Gasteiger partial charge on any atom is 0.569 e. The summed E-state index contributed by atoms with van der Waals surface area (Å²) in [6.45, 7) is 0. The van der Waals surface area contributed by atoms with E-state index in [1.807, 2.05) is 18.2 Å². The minimum absolute atomic E-state index is 0.317. The predicted molar refractivity (Wildman–Crippen MR) is 129 cm³/mol. The van der Waals surface area contributed by atoms with Crippen LogP contribution in [0.25, 0.3) is 0 Å². The number of rotatable bonds is 3. The molecule has 2 aliphatic carbocycles. The summed E-state index contributed by atoms with van der Waals surface area (Å²) in [4.78, 5) is 0. The Kier molecular flexibility index (Phi) is 12.8. The summed E-state index contributed by atoms with van der Waals surface area (Å²) in [6, 6.07) is 19.9. The first-order chi connectivity index (χ1) is 14.8. The van der Waals surface area contributed by atoms with Gasteiger partial charge < -0.3 is 9.68 Å². The van der Waals surface area contributed by atoms with Gasteiger partial charge in [0.2, 0.25) is 0 Å². The minimum atomic E-state index is 0.317. The highest BCUT2D eigenvalue weighted by atomic mass is 35.5. The van der Waals surface area contributed by atoms with Crippen molar-refractivity contribution in [3.63, 3.8) is 0 Å². The second-order valence-electron chi connectivity index (χ2n) is 7.49. The summed E-state index contributed by atoms with van der Waals surface area (Å²) in [5.74, 6) is 1.31. The van der Waals surface area contributed by atoms with Gasteiger partial charge in [-0.1, -0.05) is 85.7 Å². The van der Waals surface area contributed by atoms with Crippen molar-refractivity contribution in [2.45, 2.75) is 62.7 Å². The summed E-state index contributed by atoms with van der Waals surface area (Å²) in [7, 11) is 0.662. The fraction of sp³-hybridized carbons (Fsp3) is 0.385. The summed E-state index contributed by atoms with van der Waals surface area (Å²) < 4.78 is 4.64. The van der Waals surface area contributed by atoms with E-state index in [0.717, 1.165) is 6.42 Å². The number of alkyl halides is 1. The Balaban J connectivity index is 0.000000167. The summed E-state index contributed by atoms with van der Waals surface area (Å²) in [6.07, 6.45) is 19.3. The topological polar surface area (TPSA) is 29.5 Å². The van der Waals surface area contributed by atoms with E-state index in [9.17, 15) is 0 Å². The van der Waals surface area contributed by atoms with Gasteiger partial charge in [-0.15, -0.1) is 11.6 Å². The van der Waals surface area contributed by atoms with Crippen LogP contribution in [0.5, 0.6) is 5.75 Å². The highest BCUT2D eigenvalue weighted by Crippen LogP contribution is 2.26. The van der Waals surface area contributed by atoms with E-state index in [1.54, 1.807) is 12.1 Å². The fourth-order valence-electron chi connectivity index (χ4n) is 3.46. The lowest BCUT2D eigenvalue weighted by atomic mass is 9.95. The van der Waals surface area contributed by atoms with Gasteiger partial charge in [-0.25, -0.2) is 0 Å². The van der Waals surface area contributed by atoms with Crippen LogP contribution in [-0.4, -0.2) is 18.1 Å². The summed E-state index contributed by atoms with van der Waals surface area (Å²) >= 11 is 5.83. The van der Waals surface area contributed by atoms with Crippen molar-refractivity contribution in [2.24, 2.45) is 0 Å². The highest BCUT2D eigenvalue weighted by molar-refractivity contribution is 6.21. The second-order valence-corrected chi connectivity index (χ2v) is 8.06. The SMILES string of the molecule is C1=C[C@@H](c2ccccc2)CCCC1.ClC1C=CCCCC1.O[B]Oc1ccccc1. The van der Waals surface area contributed by atoms with Gasteiger partial charge in [0.1, 0.15) is 0 Å². The first-order valence-corrected chi connectivity index (χ1v) is 11.4. The minimum Gasteiger partial charge on any atom is -0.537 e. The lowest BCUT2D eigenvalue weighted by Crippen LogP contribution is -1.98. The molecule has 4 rings (SSSR count). The number of benzene rings is 2. The standard InChI is InChI=1S/C13H16.C7H11Cl.C6H6BO2/c1-2-5-9-12(8-4-1)13-10-6-3-7-11-13;8-7-5-3-1-2-4-6-7;8-7-9-6-4-2-1-3-5-6/h3-4,6-8,10-12H,1-2,5,9H2;3,5,7H,1-2,4,6H2;1-5,8H/t12-;;/m1../s1. The Morgan fingerprint density at radius 3 is 2.03 bits per heavy atom. The van der Waals surface area contributed by atoms with E-state index in [0.29, 0.717) is 24.7 Å². The Morgan fingerprint density at radius 1 is 0.767 bits per heavy atom. The quantitative estimate of drug-likeness (QED) is 0.321. The monoisotopic (exact) mass is 423 g/mol. The third-order valence-corrected chi connectivity index (χ3v) is 5.47. The molecule has 2 aromatic carbocycles. The number of hydrogen-bond donors (Lipinski definition) is 1. The zero-order chi connectivity index (χ0) is 21.3. The van der Waals surface area contributed by atoms with Crippen LogP contribution in [0, 0.1) is 0 Å². The van der Waals surface area contributed by atoms with Crippen LogP contribution in [0.15, 0.2) is 85.0 Å². The van der Waals surface area contributed by atoms with Crippen LogP contribution in [0.4, 0.5) is 0 Å². The first-order valence-electron chi connectivity index (χ1n) is 11.0. The van der Waals surface area contributed by atoms with E-state index in [2.05, 4.69) is 59.3 Å². The molecule has 0 aliphatic heterocycles. The lowest BCUT2D eigenvalue weighted by Gasteiger charge is -2.10. The molecule has 0 saturated heterocycles. The normalized spacial score (nSPS) is 20.3. The zero-order valence-corrected chi connectivity index (χ0v) is 18.5. The van der Waals surface area contributed by atoms with Crippen molar-refractivity contribution >= 4 is 19.3 Å². The van der Waals surface area contributed by atoms with Crippen LogP contribution >= 0.6 is 11.6 Å². The van der Waals surface area contributed by atoms with Crippen LogP contribution in [0.1, 0.15) is 62.8 Å². The number of hydrogen-bond acceptors (Lipinski definition) is 2. The molecular formula is C26H33BClO2. The van der Waals surface area contributed by atoms with Crippen LogP contribution in [0.3, 0.4) is 0 Å². The van der Waals surface area contributed by atoms with E-state index in [4.69, 9.17) is 16.6 Å². The summed E-state index contributed by atoms with van der Waals surface area (Å²) in [5.41, 5.74) is 1.47. The van der Waals surface area contributed by atoms with Crippen molar-refractivity contribution in [2.75, 3.05) is 0 Å². The van der Waals surface area contributed by atoms with Gasteiger partial charge in [0.15, 0.2) is 0 Å². The molecule has 2 atom stereocenters. The molecule has 0 fully saturated rings. The fourth-order valence-corrected chi connectivity index (χ4v) is 3.72. The van der Waals surface area contributed by atoms with Crippen molar-refractivity contribution in [1.29, 1.82) is 0 Å². The molecule has 0 bridgehead atoms. The molecule has 0 spiro atoms. The molecule has 1 N–H and O–H groups in total. The van der Waals surface area contributed by atoms with Crippen molar-refractivity contribution in [3.05, 3.63) is 90.5 Å². The Labute approximate surface area is 187 Å². The van der Waals surface area contributed by atoms with Gasteiger partial charge >= 0.3 is 7.69 Å². The molecule has 4 heteroatoms. The second kappa shape index (κ2) is 15.8. The van der Waals surface area contributed by atoms with Gasteiger partial charge in [0.05, 0.1) is 11.1 Å². The van der Waals surface area contributed by atoms with Crippen molar-refractivity contribution in [3.8, 4) is 5.75 Å². The molecule has 0 aromatic heterocycles. The molecule has 0 heterocycles. The number of halogens is 1. The van der Waals surface area contributed by atoms with Crippen LogP contribution in [0.2, 0.25) is 0 Å². The van der Waals surface area contributed by atoms with Gasteiger partial charge in [-0.3, -0.25) is 0 Å². The molecule has 0 amide bonds. The Morgan fingerprint density at radius 2 is 1.37 bits per heavy atom. The maximum absolute atomic E-state index is 8.17. The molecule has 1 unspecified atom stereocenters. The van der Waals surface area contributed by atoms with Crippen molar-refractivity contribution < 1.29 is 9.68 Å². The largest absolute Gasteiger partial charge is 0.569 e. The highest BCUT2D eigenvalue weighted by Gasteiger charge is 2.08. The van der Waals surface area contributed by atoms with Gasteiger partial charge in [-0.2, -0.15) is 0 Å². The van der Waals surface area contributed by atoms with E-state index < -0.39 is 0 Å². The Bertz CT molecular complexity index is 718. The lowest BCUT2D eigenvalue weighted by molar-refractivity contribution is 0.454. The van der Waals surface area contributed by atoms with Gasteiger partial charge in [0, 0.05) is 5.92 Å². The van der Waals surface area contributed by atoms with E-state index in [1.165, 1.54) is 50.5 Å². The molecule has 159 valence electrons. The average Bonchev–Trinajstić information content (AvgIpc) is 3.21. The number of para-hydroxylation sites is 1. The molecule has 2 nitrogen and oxygen atoms in total. The molecule has 2 aromatic rings. The molecule has 1 radical (unpaired) electrons. The Hall–Kier alpha value is -1.97. The molecular weight excluding hydrogens is 391 g/mol. The molecule has 2 aliphatic rings. The smallest absolute Gasteiger partial charge is 0.537 e. The molecule has 30 heavy (non-hydrogen) atoms. The predicted octanol–water partition coefficient (Wildman–Crippen LogP) is 7.22. The summed E-state index contributed by atoms with van der Waals surface area (Å²) in [5, 5.41) is 8.49. The molecule has 0 saturated carbocycles. The van der Waals surface area contributed by atoms with Crippen LogP contribution < -0.4 is 4.65 Å². The number of allylic oxidation sites excluding steroid dienone is 4.